The van der Waals surface area contributed by atoms with Crippen LogP contribution < -0.4 is 15.0 Å². The van der Waals surface area contributed by atoms with E-state index in [-0.39, 0.29) is 11.9 Å². The molecule has 0 fully saturated rings. The van der Waals surface area contributed by atoms with E-state index in [1.807, 2.05) is 56.3 Å². The summed E-state index contributed by atoms with van der Waals surface area (Å²) in [4.78, 5) is 1.81. The van der Waals surface area contributed by atoms with Gasteiger partial charge in [0.2, 0.25) is 0 Å². The third kappa shape index (κ3) is 3.34. The molecule has 0 spiro atoms. The molecule has 0 aliphatic heterocycles. The van der Waals surface area contributed by atoms with Gasteiger partial charge in [0.1, 0.15) is 11.6 Å². The van der Waals surface area contributed by atoms with Crippen LogP contribution in [0.4, 0.5) is 15.8 Å². The molecule has 2 rings (SSSR count). The molecule has 0 saturated heterocycles. The Hall–Kier alpha value is -2.07. The van der Waals surface area contributed by atoms with Gasteiger partial charge in [-0.3, -0.25) is 0 Å². The summed E-state index contributed by atoms with van der Waals surface area (Å²) in [6, 6.07) is 13.0. The van der Waals surface area contributed by atoms with Crippen molar-refractivity contribution in [2.24, 2.45) is 0 Å². The second-order valence-electron chi connectivity index (χ2n) is 4.98. The Balaban J connectivity index is 2.32. The summed E-state index contributed by atoms with van der Waals surface area (Å²) in [5.74, 6) is 0.514. The molecule has 1 atom stereocenters. The summed E-state index contributed by atoms with van der Waals surface area (Å²) < 4.78 is 19.6. The molecule has 0 aliphatic carbocycles. The highest BCUT2D eigenvalue weighted by Crippen LogP contribution is 2.30. The Morgan fingerprint density at radius 3 is 2.57 bits per heavy atom. The van der Waals surface area contributed by atoms with Crippen molar-refractivity contribution in [2.45, 2.75) is 13.0 Å². The maximum atomic E-state index is 14.4. The van der Waals surface area contributed by atoms with E-state index >= 15 is 0 Å². The second-order valence-corrected chi connectivity index (χ2v) is 4.98. The Morgan fingerprint density at radius 2 is 1.95 bits per heavy atom. The third-order valence-electron chi connectivity index (χ3n) is 3.71. The monoisotopic (exact) mass is 288 g/mol. The molecule has 0 heterocycles. The summed E-state index contributed by atoms with van der Waals surface area (Å²) in [6.07, 6.45) is 0. The Labute approximate surface area is 125 Å². The summed E-state index contributed by atoms with van der Waals surface area (Å²) in [5.41, 5.74) is 2.34. The van der Waals surface area contributed by atoms with Gasteiger partial charge in [-0.1, -0.05) is 12.1 Å². The number of anilines is 2. The van der Waals surface area contributed by atoms with Gasteiger partial charge in [0.25, 0.3) is 0 Å². The largest absolute Gasteiger partial charge is 0.497 e. The van der Waals surface area contributed by atoms with Crippen molar-refractivity contribution < 1.29 is 9.13 Å². The zero-order valence-electron chi connectivity index (χ0n) is 12.9. The minimum absolute atomic E-state index is 0.121. The van der Waals surface area contributed by atoms with Crippen molar-refractivity contribution in [1.82, 2.24) is 5.32 Å². The van der Waals surface area contributed by atoms with Gasteiger partial charge in [0, 0.05) is 24.8 Å². The zero-order valence-corrected chi connectivity index (χ0v) is 12.9. The number of ether oxygens (including phenoxy) is 1. The maximum absolute atomic E-state index is 14.4. The van der Waals surface area contributed by atoms with Crippen LogP contribution in [-0.2, 0) is 0 Å². The molecule has 21 heavy (non-hydrogen) atoms. The molecule has 2 aromatic carbocycles. The second kappa shape index (κ2) is 6.59. The van der Waals surface area contributed by atoms with E-state index in [4.69, 9.17) is 4.74 Å². The molecule has 1 unspecified atom stereocenters. The molecule has 3 nitrogen and oxygen atoms in total. The molecular formula is C17H21FN2O. The van der Waals surface area contributed by atoms with E-state index in [1.165, 1.54) is 0 Å². The van der Waals surface area contributed by atoms with Gasteiger partial charge >= 0.3 is 0 Å². The standard InChI is InChI=1S/C17H21FN2O/c1-12(19-2)13-8-9-17(16(18)10-13)20(3)14-6-5-7-15(11-14)21-4/h5-12,19H,1-4H3. The summed E-state index contributed by atoms with van der Waals surface area (Å²) in [5, 5.41) is 3.11. The summed E-state index contributed by atoms with van der Waals surface area (Å²) in [6.45, 7) is 2.00. The number of halogens is 1. The first-order valence-corrected chi connectivity index (χ1v) is 6.91. The molecule has 0 amide bonds. The van der Waals surface area contributed by atoms with Gasteiger partial charge in [-0.2, -0.15) is 0 Å². The van der Waals surface area contributed by atoms with E-state index in [0.29, 0.717) is 5.69 Å². The first kappa shape index (κ1) is 15.3. The van der Waals surface area contributed by atoms with Gasteiger partial charge in [0.05, 0.1) is 12.8 Å². The fourth-order valence-electron chi connectivity index (χ4n) is 2.19. The van der Waals surface area contributed by atoms with Gasteiger partial charge in [0.15, 0.2) is 0 Å². The summed E-state index contributed by atoms with van der Waals surface area (Å²) in [7, 11) is 5.32. The minimum Gasteiger partial charge on any atom is -0.497 e. The first-order valence-electron chi connectivity index (χ1n) is 6.91. The number of nitrogens with one attached hydrogen (secondary N) is 1. The van der Waals surface area contributed by atoms with Crippen molar-refractivity contribution in [3.63, 3.8) is 0 Å². The highest BCUT2D eigenvalue weighted by molar-refractivity contribution is 5.64. The van der Waals surface area contributed by atoms with Crippen LogP contribution in [0, 0.1) is 5.82 Å². The predicted octanol–water partition coefficient (Wildman–Crippen LogP) is 3.88. The third-order valence-corrected chi connectivity index (χ3v) is 3.71. The maximum Gasteiger partial charge on any atom is 0.147 e. The van der Waals surface area contributed by atoms with Crippen LogP contribution in [0.1, 0.15) is 18.5 Å². The van der Waals surface area contributed by atoms with Gasteiger partial charge in [-0.25, -0.2) is 4.39 Å². The van der Waals surface area contributed by atoms with Crippen LogP contribution in [0.3, 0.4) is 0 Å². The average molecular weight is 288 g/mol. The van der Waals surface area contributed by atoms with E-state index in [9.17, 15) is 4.39 Å². The van der Waals surface area contributed by atoms with Crippen LogP contribution >= 0.6 is 0 Å². The normalized spacial score (nSPS) is 12.0. The smallest absolute Gasteiger partial charge is 0.147 e. The van der Waals surface area contributed by atoms with Crippen molar-refractivity contribution in [3.05, 3.63) is 53.8 Å². The Kier molecular flexibility index (Phi) is 4.81. The van der Waals surface area contributed by atoms with Crippen LogP contribution in [0.5, 0.6) is 5.75 Å². The molecule has 0 aliphatic rings. The number of methoxy groups -OCH3 is 1. The van der Waals surface area contributed by atoms with Crippen LogP contribution in [-0.4, -0.2) is 21.2 Å². The Bertz CT molecular complexity index is 615. The van der Waals surface area contributed by atoms with Gasteiger partial charge in [-0.05, 0) is 43.8 Å². The molecule has 0 saturated carbocycles. The fourth-order valence-corrected chi connectivity index (χ4v) is 2.19. The number of rotatable bonds is 5. The topological polar surface area (TPSA) is 24.5 Å². The number of hydrogen-bond acceptors (Lipinski definition) is 3. The lowest BCUT2D eigenvalue weighted by Crippen LogP contribution is -2.14. The fraction of sp³-hybridized carbons (Fsp3) is 0.294. The highest BCUT2D eigenvalue weighted by Gasteiger charge is 2.12. The van der Waals surface area contributed by atoms with Crippen LogP contribution in [0.15, 0.2) is 42.5 Å². The van der Waals surface area contributed by atoms with Gasteiger partial charge in [-0.15, -0.1) is 0 Å². The number of nitrogens with zero attached hydrogens (tertiary/aromatic N) is 1. The lowest BCUT2D eigenvalue weighted by molar-refractivity contribution is 0.415. The average Bonchev–Trinajstić information content (AvgIpc) is 2.53. The van der Waals surface area contributed by atoms with Crippen molar-refractivity contribution in [3.8, 4) is 5.75 Å². The van der Waals surface area contributed by atoms with Gasteiger partial charge < -0.3 is 15.0 Å². The van der Waals surface area contributed by atoms with Crippen molar-refractivity contribution >= 4 is 11.4 Å². The molecule has 1 N–H and O–H groups in total. The van der Waals surface area contributed by atoms with E-state index in [1.54, 1.807) is 19.2 Å². The lowest BCUT2D eigenvalue weighted by Gasteiger charge is -2.22. The van der Waals surface area contributed by atoms with E-state index in [2.05, 4.69) is 5.32 Å². The number of hydrogen-bond donors (Lipinski definition) is 1. The van der Waals surface area contributed by atoms with E-state index in [0.717, 1.165) is 17.0 Å². The molecule has 0 radical (unpaired) electrons. The van der Waals surface area contributed by atoms with Crippen LogP contribution in [0.25, 0.3) is 0 Å². The quantitative estimate of drug-likeness (QED) is 0.903. The molecule has 0 aromatic heterocycles. The predicted molar refractivity (Wildman–Crippen MR) is 84.9 cm³/mol. The molecule has 0 bridgehead atoms. The summed E-state index contributed by atoms with van der Waals surface area (Å²) >= 11 is 0. The SMILES string of the molecule is CNC(C)c1ccc(N(C)c2cccc(OC)c2)c(F)c1. The Morgan fingerprint density at radius 1 is 1.19 bits per heavy atom. The highest BCUT2D eigenvalue weighted by atomic mass is 19.1. The molecule has 4 heteroatoms. The van der Waals surface area contributed by atoms with E-state index < -0.39 is 0 Å². The molecular weight excluding hydrogens is 267 g/mol. The number of benzene rings is 2. The molecule has 112 valence electrons. The lowest BCUT2D eigenvalue weighted by atomic mass is 10.1. The molecule has 2 aromatic rings. The minimum atomic E-state index is -0.236. The van der Waals surface area contributed by atoms with Crippen molar-refractivity contribution in [1.29, 1.82) is 0 Å². The van der Waals surface area contributed by atoms with Crippen molar-refractivity contribution in [2.75, 3.05) is 26.1 Å². The zero-order chi connectivity index (χ0) is 15.4. The first-order chi connectivity index (χ1) is 10.1. The van der Waals surface area contributed by atoms with Crippen LogP contribution in [0.2, 0.25) is 0 Å².